The fourth-order valence-corrected chi connectivity index (χ4v) is 3.16. The number of nitrogens with one attached hydrogen (secondary N) is 2. The van der Waals surface area contributed by atoms with Crippen LogP contribution in [0, 0.1) is 0 Å². The van der Waals surface area contributed by atoms with Gasteiger partial charge in [0.15, 0.2) is 0 Å². The molecule has 0 fully saturated rings. The summed E-state index contributed by atoms with van der Waals surface area (Å²) in [7, 11) is 0. The standard InChI is InChI=1S/C24H28N2O2/c1-18(2)20-12-10-19(11-13-20)14-15-25-23(27)17-26-24(22-9-6-16-28-22)21-7-4-3-5-8-21/h3-13,16,18,24,26H,14-15,17H2,1-2H3,(H,25,27)/t24-/m0/s1. The number of carbonyl (C=O) groups excluding carboxylic acids is 1. The third kappa shape index (κ3) is 5.57. The number of benzene rings is 2. The Kier molecular flexibility index (Phi) is 7.04. The zero-order valence-electron chi connectivity index (χ0n) is 16.5. The van der Waals surface area contributed by atoms with Crippen molar-refractivity contribution in [3.63, 3.8) is 0 Å². The van der Waals surface area contributed by atoms with E-state index in [9.17, 15) is 4.79 Å². The van der Waals surface area contributed by atoms with Crippen LogP contribution in [-0.2, 0) is 11.2 Å². The molecule has 0 saturated heterocycles. The summed E-state index contributed by atoms with van der Waals surface area (Å²) in [5.74, 6) is 1.31. The van der Waals surface area contributed by atoms with Crippen molar-refractivity contribution >= 4 is 5.91 Å². The Morgan fingerprint density at radius 2 is 1.68 bits per heavy atom. The number of furan rings is 1. The molecule has 4 heteroatoms. The Morgan fingerprint density at radius 1 is 0.929 bits per heavy atom. The minimum absolute atomic E-state index is 0.0220. The topological polar surface area (TPSA) is 54.3 Å². The molecule has 1 aromatic heterocycles. The lowest BCUT2D eigenvalue weighted by Crippen LogP contribution is -2.36. The van der Waals surface area contributed by atoms with Gasteiger partial charge in [-0.05, 0) is 41.2 Å². The largest absolute Gasteiger partial charge is 0.467 e. The van der Waals surface area contributed by atoms with Gasteiger partial charge in [0.2, 0.25) is 5.91 Å². The highest BCUT2D eigenvalue weighted by atomic mass is 16.3. The normalized spacial score (nSPS) is 12.1. The van der Waals surface area contributed by atoms with E-state index in [0.717, 1.165) is 17.7 Å². The number of amides is 1. The molecule has 1 heterocycles. The fraction of sp³-hybridized carbons (Fsp3) is 0.292. The lowest BCUT2D eigenvalue weighted by Gasteiger charge is -2.17. The van der Waals surface area contributed by atoms with Gasteiger partial charge in [-0.2, -0.15) is 0 Å². The van der Waals surface area contributed by atoms with Crippen molar-refractivity contribution in [1.82, 2.24) is 10.6 Å². The Bertz CT molecular complexity index is 840. The van der Waals surface area contributed by atoms with Crippen LogP contribution in [0.3, 0.4) is 0 Å². The van der Waals surface area contributed by atoms with Crippen molar-refractivity contribution in [2.75, 3.05) is 13.1 Å². The van der Waals surface area contributed by atoms with Gasteiger partial charge in [0.25, 0.3) is 0 Å². The lowest BCUT2D eigenvalue weighted by atomic mass is 10.0. The summed E-state index contributed by atoms with van der Waals surface area (Å²) in [5, 5.41) is 6.29. The molecule has 0 aliphatic heterocycles. The van der Waals surface area contributed by atoms with Crippen LogP contribution in [-0.4, -0.2) is 19.0 Å². The Hall–Kier alpha value is -2.85. The molecule has 0 radical (unpaired) electrons. The van der Waals surface area contributed by atoms with E-state index in [-0.39, 0.29) is 18.5 Å². The van der Waals surface area contributed by atoms with Crippen LogP contribution in [0.2, 0.25) is 0 Å². The van der Waals surface area contributed by atoms with Gasteiger partial charge in [0.1, 0.15) is 5.76 Å². The Balaban J connectivity index is 1.48. The molecule has 0 unspecified atom stereocenters. The van der Waals surface area contributed by atoms with Gasteiger partial charge < -0.3 is 9.73 Å². The molecule has 4 nitrogen and oxygen atoms in total. The third-order valence-electron chi connectivity index (χ3n) is 4.81. The molecule has 3 rings (SSSR count). The quantitative estimate of drug-likeness (QED) is 0.580. The van der Waals surface area contributed by atoms with Crippen molar-refractivity contribution in [2.24, 2.45) is 0 Å². The maximum Gasteiger partial charge on any atom is 0.233 e. The van der Waals surface area contributed by atoms with E-state index < -0.39 is 0 Å². The number of hydrogen-bond donors (Lipinski definition) is 2. The van der Waals surface area contributed by atoms with Crippen molar-refractivity contribution < 1.29 is 9.21 Å². The molecule has 0 spiro atoms. The first-order chi connectivity index (χ1) is 13.6. The fourth-order valence-electron chi connectivity index (χ4n) is 3.16. The van der Waals surface area contributed by atoms with Crippen molar-refractivity contribution in [3.05, 3.63) is 95.4 Å². The Morgan fingerprint density at radius 3 is 2.32 bits per heavy atom. The molecule has 1 atom stereocenters. The highest BCUT2D eigenvalue weighted by Gasteiger charge is 2.17. The van der Waals surface area contributed by atoms with Crippen LogP contribution in [0.4, 0.5) is 0 Å². The molecule has 0 bridgehead atoms. The van der Waals surface area contributed by atoms with Crippen LogP contribution in [0.1, 0.15) is 48.3 Å². The van der Waals surface area contributed by atoms with E-state index in [4.69, 9.17) is 4.42 Å². The second-order valence-electron chi connectivity index (χ2n) is 7.24. The first-order valence-electron chi connectivity index (χ1n) is 9.80. The van der Waals surface area contributed by atoms with E-state index in [1.165, 1.54) is 11.1 Å². The minimum atomic E-state index is -0.148. The monoisotopic (exact) mass is 376 g/mol. The second-order valence-corrected chi connectivity index (χ2v) is 7.24. The third-order valence-corrected chi connectivity index (χ3v) is 4.81. The van der Waals surface area contributed by atoms with Gasteiger partial charge in [-0.3, -0.25) is 10.1 Å². The summed E-state index contributed by atoms with van der Waals surface area (Å²) in [6.07, 6.45) is 2.47. The van der Waals surface area contributed by atoms with E-state index >= 15 is 0 Å². The highest BCUT2D eigenvalue weighted by Crippen LogP contribution is 2.22. The molecule has 146 valence electrons. The molecular weight excluding hydrogens is 348 g/mol. The number of hydrogen-bond acceptors (Lipinski definition) is 3. The maximum atomic E-state index is 12.3. The van der Waals surface area contributed by atoms with Crippen molar-refractivity contribution in [1.29, 1.82) is 0 Å². The first-order valence-corrected chi connectivity index (χ1v) is 9.80. The van der Waals surface area contributed by atoms with Gasteiger partial charge in [-0.1, -0.05) is 68.4 Å². The summed E-state index contributed by atoms with van der Waals surface area (Å²) in [6.45, 7) is 5.23. The average molecular weight is 377 g/mol. The second kappa shape index (κ2) is 9.90. The molecule has 0 aliphatic carbocycles. The minimum Gasteiger partial charge on any atom is -0.467 e. The van der Waals surface area contributed by atoms with Crippen molar-refractivity contribution in [3.8, 4) is 0 Å². The molecule has 0 saturated carbocycles. The van der Waals surface area contributed by atoms with Crippen LogP contribution >= 0.6 is 0 Å². The Labute approximate surface area is 167 Å². The summed E-state index contributed by atoms with van der Waals surface area (Å²) in [5.41, 5.74) is 3.63. The predicted molar refractivity (Wildman–Crippen MR) is 112 cm³/mol. The summed E-state index contributed by atoms with van der Waals surface area (Å²) in [4.78, 5) is 12.3. The SMILES string of the molecule is CC(C)c1ccc(CCNC(=O)CN[C@@H](c2ccccc2)c2ccco2)cc1. The molecule has 3 aromatic rings. The van der Waals surface area contributed by atoms with Gasteiger partial charge in [0, 0.05) is 6.54 Å². The highest BCUT2D eigenvalue weighted by molar-refractivity contribution is 5.78. The summed E-state index contributed by atoms with van der Waals surface area (Å²) in [6, 6.07) is 22.2. The van der Waals surface area contributed by atoms with E-state index in [1.54, 1.807) is 6.26 Å². The van der Waals surface area contributed by atoms with Crippen LogP contribution in [0.25, 0.3) is 0 Å². The van der Waals surface area contributed by atoms with E-state index in [0.29, 0.717) is 12.5 Å². The zero-order valence-corrected chi connectivity index (χ0v) is 16.5. The van der Waals surface area contributed by atoms with Crippen LogP contribution in [0.15, 0.2) is 77.4 Å². The first kappa shape index (κ1) is 19.9. The van der Waals surface area contributed by atoms with Gasteiger partial charge in [-0.25, -0.2) is 0 Å². The van der Waals surface area contributed by atoms with E-state index in [2.05, 4.69) is 48.7 Å². The summed E-state index contributed by atoms with van der Waals surface area (Å²) < 4.78 is 5.55. The van der Waals surface area contributed by atoms with Gasteiger partial charge in [-0.15, -0.1) is 0 Å². The maximum absolute atomic E-state index is 12.3. The molecule has 28 heavy (non-hydrogen) atoms. The molecule has 1 amide bonds. The predicted octanol–water partition coefficient (Wildman–Crippen LogP) is 4.44. The van der Waals surface area contributed by atoms with Crippen LogP contribution < -0.4 is 10.6 Å². The molecular formula is C24H28N2O2. The summed E-state index contributed by atoms with van der Waals surface area (Å²) >= 11 is 0. The van der Waals surface area contributed by atoms with E-state index in [1.807, 2.05) is 42.5 Å². The lowest BCUT2D eigenvalue weighted by molar-refractivity contribution is -0.120. The number of carbonyl (C=O) groups is 1. The van der Waals surface area contributed by atoms with Gasteiger partial charge in [0.05, 0.1) is 18.8 Å². The average Bonchev–Trinajstić information content (AvgIpc) is 3.24. The number of rotatable bonds is 9. The molecule has 0 aliphatic rings. The smallest absolute Gasteiger partial charge is 0.233 e. The molecule has 2 N–H and O–H groups in total. The van der Waals surface area contributed by atoms with Crippen molar-refractivity contribution in [2.45, 2.75) is 32.2 Å². The zero-order chi connectivity index (χ0) is 19.8. The van der Waals surface area contributed by atoms with Gasteiger partial charge >= 0.3 is 0 Å². The van der Waals surface area contributed by atoms with Crippen LogP contribution in [0.5, 0.6) is 0 Å². The molecule has 2 aromatic carbocycles.